The van der Waals surface area contributed by atoms with Gasteiger partial charge in [-0.2, -0.15) is 0 Å². The van der Waals surface area contributed by atoms with Gasteiger partial charge in [-0.15, -0.1) is 0 Å². The first kappa shape index (κ1) is 16.8. The topological polar surface area (TPSA) is 12.5 Å². The highest BCUT2D eigenvalue weighted by Gasteiger charge is 2.06. The molecule has 2 nitrogen and oxygen atoms in total. The lowest BCUT2D eigenvalue weighted by Crippen LogP contribution is -2.13. The van der Waals surface area contributed by atoms with E-state index in [1.54, 1.807) is 6.07 Å². The molecule has 0 N–H and O–H groups in total. The van der Waals surface area contributed by atoms with Crippen LogP contribution in [0, 0.1) is 5.82 Å². The molecule has 0 bridgehead atoms. The van der Waals surface area contributed by atoms with Gasteiger partial charge in [-0.25, -0.2) is 4.39 Å². The van der Waals surface area contributed by atoms with Crippen LogP contribution in [-0.2, 0) is 13.0 Å². The molecule has 0 unspecified atom stereocenters. The molecule has 4 heteroatoms. The Bertz CT molecular complexity index is 616. The van der Waals surface area contributed by atoms with Crippen molar-refractivity contribution in [3.8, 4) is 5.75 Å². The Hall–Kier alpha value is -1.58. The fraction of sp³-hybridized carbons (Fsp3) is 0.333. The number of benzene rings is 2. The van der Waals surface area contributed by atoms with E-state index in [-0.39, 0.29) is 5.82 Å². The molecule has 0 amide bonds. The fourth-order valence-corrected chi connectivity index (χ4v) is 2.45. The standard InChI is InChI=1S/C18H21ClFNO/c1-21(2)10-4-6-15-12-16(19)8-9-18(15)22-13-14-5-3-7-17(20)11-14/h3,5,7-9,11-12H,4,6,10,13H2,1-2H3. The molecule has 0 aliphatic rings. The smallest absolute Gasteiger partial charge is 0.123 e. The summed E-state index contributed by atoms with van der Waals surface area (Å²) < 4.78 is 19.0. The van der Waals surface area contributed by atoms with E-state index in [0.717, 1.165) is 36.3 Å². The van der Waals surface area contributed by atoms with Crippen LogP contribution in [0.1, 0.15) is 17.5 Å². The molecule has 0 spiro atoms. The quantitative estimate of drug-likeness (QED) is 0.741. The summed E-state index contributed by atoms with van der Waals surface area (Å²) in [4.78, 5) is 2.15. The van der Waals surface area contributed by atoms with E-state index in [9.17, 15) is 4.39 Å². The summed E-state index contributed by atoms with van der Waals surface area (Å²) in [7, 11) is 4.11. The van der Waals surface area contributed by atoms with Gasteiger partial charge in [0.05, 0.1) is 0 Å². The summed E-state index contributed by atoms with van der Waals surface area (Å²) in [6.07, 6.45) is 1.93. The van der Waals surface area contributed by atoms with Crippen molar-refractivity contribution in [2.75, 3.05) is 20.6 Å². The second-order valence-corrected chi connectivity index (χ2v) is 6.01. The minimum atomic E-state index is -0.247. The van der Waals surface area contributed by atoms with Crippen molar-refractivity contribution in [1.29, 1.82) is 0 Å². The third-order valence-corrected chi connectivity index (χ3v) is 3.59. The highest BCUT2D eigenvalue weighted by atomic mass is 35.5. The summed E-state index contributed by atoms with van der Waals surface area (Å²) in [6, 6.07) is 12.1. The van der Waals surface area contributed by atoms with Crippen LogP contribution in [-0.4, -0.2) is 25.5 Å². The van der Waals surface area contributed by atoms with Gasteiger partial charge in [0.25, 0.3) is 0 Å². The van der Waals surface area contributed by atoms with Gasteiger partial charge < -0.3 is 9.64 Å². The number of ether oxygens (including phenoxy) is 1. The molecule has 0 saturated carbocycles. The Morgan fingerprint density at radius 1 is 1.14 bits per heavy atom. The minimum Gasteiger partial charge on any atom is -0.489 e. The molecule has 0 atom stereocenters. The van der Waals surface area contributed by atoms with Crippen molar-refractivity contribution < 1.29 is 9.13 Å². The summed E-state index contributed by atoms with van der Waals surface area (Å²) in [5.74, 6) is 0.566. The second kappa shape index (κ2) is 8.16. The van der Waals surface area contributed by atoms with E-state index < -0.39 is 0 Å². The first-order valence-corrected chi connectivity index (χ1v) is 7.73. The lowest BCUT2D eigenvalue weighted by molar-refractivity contribution is 0.301. The van der Waals surface area contributed by atoms with Gasteiger partial charge >= 0.3 is 0 Å². The molecule has 2 aromatic rings. The van der Waals surface area contributed by atoms with E-state index in [0.29, 0.717) is 11.6 Å². The van der Waals surface area contributed by atoms with Crippen molar-refractivity contribution in [2.45, 2.75) is 19.4 Å². The first-order valence-electron chi connectivity index (χ1n) is 7.35. The average Bonchev–Trinajstić information content (AvgIpc) is 2.46. The largest absolute Gasteiger partial charge is 0.489 e. The summed E-state index contributed by atoms with van der Waals surface area (Å²) in [5.41, 5.74) is 1.90. The molecular formula is C18H21ClFNO. The van der Waals surface area contributed by atoms with Crippen molar-refractivity contribution in [1.82, 2.24) is 4.90 Å². The van der Waals surface area contributed by atoms with Gasteiger partial charge in [-0.1, -0.05) is 23.7 Å². The van der Waals surface area contributed by atoms with Gasteiger partial charge in [0.2, 0.25) is 0 Å². The van der Waals surface area contributed by atoms with Crippen LogP contribution in [0.3, 0.4) is 0 Å². The number of hydrogen-bond acceptors (Lipinski definition) is 2. The lowest BCUT2D eigenvalue weighted by Gasteiger charge is -2.14. The molecule has 0 aromatic heterocycles. The number of rotatable bonds is 7. The van der Waals surface area contributed by atoms with Crippen LogP contribution in [0.4, 0.5) is 4.39 Å². The molecule has 0 fully saturated rings. The molecular weight excluding hydrogens is 301 g/mol. The number of halogens is 2. The normalized spacial score (nSPS) is 11.0. The monoisotopic (exact) mass is 321 g/mol. The maximum atomic E-state index is 13.2. The van der Waals surface area contributed by atoms with Crippen LogP contribution < -0.4 is 4.74 Å². The summed E-state index contributed by atoms with van der Waals surface area (Å²) in [6.45, 7) is 1.36. The lowest BCUT2D eigenvalue weighted by atomic mass is 10.1. The number of aryl methyl sites for hydroxylation is 1. The maximum Gasteiger partial charge on any atom is 0.123 e. The highest BCUT2D eigenvalue weighted by molar-refractivity contribution is 6.30. The molecule has 0 aliphatic carbocycles. The zero-order chi connectivity index (χ0) is 15.9. The van der Waals surface area contributed by atoms with Gasteiger partial charge in [-0.05, 0) is 74.9 Å². The van der Waals surface area contributed by atoms with Crippen molar-refractivity contribution in [2.24, 2.45) is 0 Å². The zero-order valence-electron chi connectivity index (χ0n) is 13.0. The molecule has 2 rings (SSSR count). The van der Waals surface area contributed by atoms with E-state index in [2.05, 4.69) is 19.0 Å². The van der Waals surface area contributed by atoms with Crippen LogP contribution >= 0.6 is 11.6 Å². The average molecular weight is 322 g/mol. The van der Waals surface area contributed by atoms with Crippen LogP contribution in [0.15, 0.2) is 42.5 Å². The first-order chi connectivity index (χ1) is 10.5. The highest BCUT2D eigenvalue weighted by Crippen LogP contribution is 2.25. The number of hydrogen-bond donors (Lipinski definition) is 0. The molecule has 0 radical (unpaired) electrons. The second-order valence-electron chi connectivity index (χ2n) is 5.58. The third kappa shape index (κ3) is 5.32. The van der Waals surface area contributed by atoms with Gasteiger partial charge in [0.1, 0.15) is 18.2 Å². The Morgan fingerprint density at radius 3 is 2.68 bits per heavy atom. The van der Waals surface area contributed by atoms with Crippen molar-refractivity contribution >= 4 is 11.6 Å². The molecule has 2 aromatic carbocycles. The van der Waals surface area contributed by atoms with Gasteiger partial charge in [0, 0.05) is 5.02 Å². The Labute approximate surface area is 136 Å². The van der Waals surface area contributed by atoms with Crippen LogP contribution in [0.5, 0.6) is 5.75 Å². The Morgan fingerprint density at radius 2 is 1.95 bits per heavy atom. The number of nitrogens with zero attached hydrogens (tertiary/aromatic N) is 1. The van der Waals surface area contributed by atoms with Crippen LogP contribution in [0.25, 0.3) is 0 Å². The SMILES string of the molecule is CN(C)CCCc1cc(Cl)ccc1OCc1cccc(F)c1. The van der Waals surface area contributed by atoms with Gasteiger partial charge in [-0.3, -0.25) is 0 Å². The third-order valence-electron chi connectivity index (χ3n) is 3.36. The van der Waals surface area contributed by atoms with E-state index in [1.165, 1.54) is 12.1 Å². The van der Waals surface area contributed by atoms with Crippen LogP contribution in [0.2, 0.25) is 5.02 Å². The summed E-state index contributed by atoms with van der Waals surface area (Å²) in [5, 5.41) is 0.706. The maximum absolute atomic E-state index is 13.2. The van der Waals surface area contributed by atoms with E-state index in [4.69, 9.17) is 16.3 Å². The van der Waals surface area contributed by atoms with E-state index >= 15 is 0 Å². The fourth-order valence-electron chi connectivity index (χ4n) is 2.26. The van der Waals surface area contributed by atoms with E-state index in [1.807, 2.05) is 24.3 Å². The predicted octanol–water partition coefficient (Wildman–Crippen LogP) is 4.55. The van der Waals surface area contributed by atoms with Gasteiger partial charge in [0.15, 0.2) is 0 Å². The molecule has 0 heterocycles. The summed E-state index contributed by atoms with van der Waals surface area (Å²) >= 11 is 6.08. The molecule has 22 heavy (non-hydrogen) atoms. The van der Waals surface area contributed by atoms with Crippen molar-refractivity contribution in [3.05, 3.63) is 64.4 Å². The van der Waals surface area contributed by atoms with Crippen molar-refractivity contribution in [3.63, 3.8) is 0 Å². The molecule has 0 saturated heterocycles. The Kier molecular flexibility index (Phi) is 6.22. The zero-order valence-corrected chi connectivity index (χ0v) is 13.7. The molecule has 118 valence electrons. The predicted molar refractivity (Wildman–Crippen MR) is 89.1 cm³/mol. The minimum absolute atomic E-state index is 0.247. The molecule has 0 aliphatic heterocycles. The Balaban J connectivity index is 2.03.